The highest BCUT2D eigenvalue weighted by molar-refractivity contribution is 5.66. The lowest BCUT2D eigenvalue weighted by molar-refractivity contribution is -0.137. The minimum Gasteiger partial charge on any atom is -0.481 e. The van der Waals surface area contributed by atoms with Gasteiger partial charge in [-0.1, -0.05) is 6.07 Å². The first-order valence-corrected chi connectivity index (χ1v) is 4.19. The summed E-state index contributed by atoms with van der Waals surface area (Å²) >= 11 is 0. The van der Waals surface area contributed by atoms with Crippen molar-refractivity contribution < 1.29 is 14.3 Å². The maximum Gasteiger partial charge on any atom is 0.303 e. The molecule has 0 bridgehead atoms. The van der Waals surface area contributed by atoms with E-state index in [1.54, 1.807) is 6.07 Å². The summed E-state index contributed by atoms with van der Waals surface area (Å²) < 4.78 is 13.0. The molecule has 4 nitrogen and oxygen atoms in total. The molecule has 1 aromatic heterocycles. The van der Waals surface area contributed by atoms with Crippen molar-refractivity contribution in [3.63, 3.8) is 0 Å². The zero-order valence-corrected chi connectivity index (χ0v) is 7.48. The molecule has 0 aliphatic rings. The zero-order chi connectivity index (χ0) is 10.6. The molecule has 1 atom stereocenters. The Morgan fingerprint density at radius 1 is 1.71 bits per heavy atom. The molecule has 0 amide bonds. The van der Waals surface area contributed by atoms with E-state index < -0.39 is 18.0 Å². The summed E-state index contributed by atoms with van der Waals surface area (Å²) in [5.74, 6) is -1.57. The highest BCUT2D eigenvalue weighted by Gasteiger charge is 2.12. The average Bonchev–Trinajstić information content (AvgIpc) is 2.15. The van der Waals surface area contributed by atoms with Gasteiger partial charge in [0.25, 0.3) is 0 Å². The summed E-state index contributed by atoms with van der Waals surface area (Å²) in [7, 11) is 0. The predicted octanol–water partition coefficient (Wildman–Crippen LogP) is 1.09. The first-order valence-electron chi connectivity index (χ1n) is 4.19. The van der Waals surface area contributed by atoms with Crippen LogP contribution >= 0.6 is 0 Å². The molecule has 3 N–H and O–H groups in total. The van der Waals surface area contributed by atoms with Gasteiger partial charge >= 0.3 is 5.97 Å². The minimum atomic E-state index is -0.940. The number of carboxylic acid groups (broad SMARTS) is 1. The van der Waals surface area contributed by atoms with Crippen molar-refractivity contribution >= 4 is 5.97 Å². The second kappa shape index (κ2) is 4.66. The van der Waals surface area contributed by atoms with Gasteiger partial charge in [0, 0.05) is 24.2 Å². The molecule has 0 aliphatic carbocycles. The highest BCUT2D eigenvalue weighted by atomic mass is 19.1. The lowest BCUT2D eigenvalue weighted by atomic mass is 10.0. The van der Waals surface area contributed by atoms with E-state index in [1.165, 1.54) is 12.3 Å². The van der Waals surface area contributed by atoms with Crippen LogP contribution in [0.1, 0.15) is 24.4 Å². The predicted molar refractivity (Wildman–Crippen MR) is 48.0 cm³/mol. The quantitative estimate of drug-likeness (QED) is 0.710. The normalized spacial score (nSPS) is 12.4. The molecule has 1 rings (SSSR count). The molecular weight excluding hydrogens is 187 g/mol. The smallest absolute Gasteiger partial charge is 0.303 e. The second-order valence-corrected chi connectivity index (χ2v) is 2.92. The zero-order valence-electron chi connectivity index (χ0n) is 7.48. The number of pyridine rings is 1. The number of rotatable bonds is 4. The summed E-state index contributed by atoms with van der Waals surface area (Å²) in [5.41, 5.74) is 5.86. The van der Waals surface area contributed by atoms with E-state index in [0.717, 1.165) is 0 Å². The molecule has 76 valence electrons. The number of aliphatic carboxylic acids is 1. The van der Waals surface area contributed by atoms with Crippen molar-refractivity contribution in [3.05, 3.63) is 29.8 Å². The summed E-state index contributed by atoms with van der Waals surface area (Å²) in [6.45, 7) is 0. The second-order valence-electron chi connectivity index (χ2n) is 2.92. The summed E-state index contributed by atoms with van der Waals surface area (Å²) in [5, 5.41) is 8.41. The molecule has 0 unspecified atom stereocenters. The monoisotopic (exact) mass is 198 g/mol. The number of nitrogens with two attached hydrogens (primary N) is 1. The molecule has 0 saturated carbocycles. The number of nitrogens with zero attached hydrogens (tertiary/aromatic N) is 1. The molecule has 1 heterocycles. The Kier molecular flexibility index (Phi) is 3.53. The van der Waals surface area contributed by atoms with E-state index in [2.05, 4.69) is 4.98 Å². The van der Waals surface area contributed by atoms with Gasteiger partial charge in [-0.05, 0) is 12.5 Å². The van der Waals surface area contributed by atoms with Crippen LogP contribution in [0.2, 0.25) is 0 Å². The van der Waals surface area contributed by atoms with Crippen molar-refractivity contribution in [2.45, 2.75) is 18.9 Å². The largest absolute Gasteiger partial charge is 0.481 e. The van der Waals surface area contributed by atoms with E-state index in [0.29, 0.717) is 0 Å². The molecular formula is C9H11FN2O2. The lowest BCUT2D eigenvalue weighted by Crippen LogP contribution is -2.14. The number of hydrogen-bond acceptors (Lipinski definition) is 3. The Morgan fingerprint density at radius 3 is 3.00 bits per heavy atom. The lowest BCUT2D eigenvalue weighted by Gasteiger charge is -2.10. The van der Waals surface area contributed by atoms with Gasteiger partial charge in [-0.2, -0.15) is 4.39 Å². The summed E-state index contributed by atoms with van der Waals surface area (Å²) in [4.78, 5) is 13.7. The van der Waals surface area contributed by atoms with Gasteiger partial charge in [0.15, 0.2) is 0 Å². The molecule has 0 fully saturated rings. The van der Waals surface area contributed by atoms with E-state index in [4.69, 9.17) is 10.8 Å². The first-order chi connectivity index (χ1) is 6.61. The van der Waals surface area contributed by atoms with Gasteiger partial charge in [-0.15, -0.1) is 0 Å². The van der Waals surface area contributed by atoms with Crippen LogP contribution in [0.25, 0.3) is 0 Å². The minimum absolute atomic E-state index is 0.0739. The third-order valence-electron chi connectivity index (χ3n) is 1.86. The van der Waals surface area contributed by atoms with Crippen LogP contribution in [-0.2, 0) is 4.79 Å². The van der Waals surface area contributed by atoms with E-state index >= 15 is 0 Å². The molecule has 5 heteroatoms. The maximum atomic E-state index is 13.0. The van der Waals surface area contributed by atoms with Crippen molar-refractivity contribution in [2.75, 3.05) is 0 Å². The number of carboxylic acids is 1. The standard InChI is InChI=1S/C9H11FN2O2/c10-9-6(2-1-5-12-9)7(11)3-4-8(13)14/h1-2,5,7H,3-4,11H2,(H,13,14)/t7-/m1/s1. The van der Waals surface area contributed by atoms with Crippen LogP contribution in [0, 0.1) is 5.95 Å². The fourth-order valence-electron chi connectivity index (χ4n) is 1.11. The number of aromatic nitrogens is 1. The Balaban J connectivity index is 2.65. The first kappa shape index (κ1) is 10.6. The van der Waals surface area contributed by atoms with Crippen LogP contribution in [0.15, 0.2) is 18.3 Å². The van der Waals surface area contributed by atoms with Gasteiger partial charge in [0.1, 0.15) is 0 Å². The number of carbonyl (C=O) groups is 1. The van der Waals surface area contributed by atoms with Crippen molar-refractivity contribution in [1.29, 1.82) is 0 Å². The van der Waals surface area contributed by atoms with Gasteiger partial charge in [0.05, 0.1) is 0 Å². The molecule has 0 saturated heterocycles. The van der Waals surface area contributed by atoms with Crippen LogP contribution in [0.4, 0.5) is 4.39 Å². The Morgan fingerprint density at radius 2 is 2.43 bits per heavy atom. The van der Waals surface area contributed by atoms with E-state index in [1.807, 2.05) is 0 Å². The third-order valence-corrected chi connectivity index (χ3v) is 1.86. The van der Waals surface area contributed by atoms with Crippen LogP contribution in [0.5, 0.6) is 0 Å². The van der Waals surface area contributed by atoms with Gasteiger partial charge < -0.3 is 10.8 Å². The van der Waals surface area contributed by atoms with Gasteiger partial charge in [0.2, 0.25) is 5.95 Å². The Labute approximate surface area is 80.6 Å². The van der Waals surface area contributed by atoms with Crippen molar-refractivity contribution in [1.82, 2.24) is 4.98 Å². The third kappa shape index (κ3) is 2.77. The van der Waals surface area contributed by atoms with Crippen molar-refractivity contribution in [2.24, 2.45) is 5.73 Å². The SMILES string of the molecule is N[C@H](CCC(=O)O)c1cccnc1F. The van der Waals surface area contributed by atoms with Crippen LogP contribution in [0.3, 0.4) is 0 Å². The molecule has 1 aromatic rings. The highest BCUT2D eigenvalue weighted by Crippen LogP contribution is 2.16. The summed E-state index contributed by atoms with van der Waals surface area (Å²) in [6, 6.07) is 2.47. The Bertz CT molecular complexity index is 330. The molecule has 0 aromatic carbocycles. The average molecular weight is 198 g/mol. The Hall–Kier alpha value is -1.49. The molecule has 0 radical (unpaired) electrons. The topological polar surface area (TPSA) is 76.2 Å². The number of halogens is 1. The van der Waals surface area contributed by atoms with Gasteiger partial charge in [-0.25, -0.2) is 4.98 Å². The maximum absolute atomic E-state index is 13.0. The van der Waals surface area contributed by atoms with Crippen LogP contribution < -0.4 is 5.73 Å². The molecule has 0 spiro atoms. The van der Waals surface area contributed by atoms with E-state index in [9.17, 15) is 9.18 Å². The van der Waals surface area contributed by atoms with E-state index in [-0.39, 0.29) is 18.4 Å². The number of hydrogen-bond donors (Lipinski definition) is 2. The summed E-state index contributed by atoms with van der Waals surface area (Å²) in [6.07, 6.45) is 1.45. The van der Waals surface area contributed by atoms with Gasteiger partial charge in [-0.3, -0.25) is 4.79 Å². The van der Waals surface area contributed by atoms with Crippen molar-refractivity contribution in [3.8, 4) is 0 Å². The molecule has 0 aliphatic heterocycles. The fourth-order valence-corrected chi connectivity index (χ4v) is 1.11. The fraction of sp³-hybridized carbons (Fsp3) is 0.333. The molecule has 14 heavy (non-hydrogen) atoms. The van der Waals surface area contributed by atoms with Crippen LogP contribution in [-0.4, -0.2) is 16.1 Å².